The molecule has 1 fully saturated rings. The van der Waals surface area contributed by atoms with Crippen molar-refractivity contribution in [1.29, 1.82) is 0 Å². The monoisotopic (exact) mass is 490 g/mol. The van der Waals surface area contributed by atoms with Gasteiger partial charge in [-0.15, -0.1) is 0 Å². The lowest BCUT2D eigenvalue weighted by atomic mass is 9.70. The predicted molar refractivity (Wildman–Crippen MR) is 138 cm³/mol. The third kappa shape index (κ3) is 5.83. The van der Waals surface area contributed by atoms with Gasteiger partial charge in [-0.1, -0.05) is 74.7 Å². The highest BCUT2D eigenvalue weighted by Gasteiger charge is 2.47. The molecule has 1 aromatic heterocycles. The number of carbonyl (C=O) groups excluding carboxylic acids is 2. The third-order valence-corrected chi connectivity index (χ3v) is 7.24. The molecular formula is C29H35FN4O2. The molecule has 4 rings (SSSR count). The van der Waals surface area contributed by atoms with E-state index in [4.69, 9.17) is 5.73 Å². The van der Waals surface area contributed by atoms with Gasteiger partial charge >= 0.3 is 0 Å². The molecule has 2 aromatic carbocycles. The van der Waals surface area contributed by atoms with Gasteiger partial charge in [0.1, 0.15) is 11.9 Å². The summed E-state index contributed by atoms with van der Waals surface area (Å²) in [6.45, 7) is 3.50. The number of benzene rings is 2. The molecule has 36 heavy (non-hydrogen) atoms. The second-order valence-electron chi connectivity index (χ2n) is 9.89. The Kier molecular flexibility index (Phi) is 8.18. The Morgan fingerprint density at radius 1 is 1.08 bits per heavy atom. The standard InChI is InChI=1S/C29H35FN4O2/c1-2-3-9-16-29(23-11-5-4-6-12-23)19-34(20-29)28(36)26(17-22-10-7-8-13-25(22)30)33-18-24(32-21-33)14-15-27(31)35/h4-8,10-13,18,21,26H,2-3,9,14-17,19-20H2,1H3,(H2,31,35)/t26-/m1/s1. The van der Waals surface area contributed by atoms with Gasteiger partial charge in [0.25, 0.3) is 0 Å². The van der Waals surface area contributed by atoms with Crippen LogP contribution in [0.15, 0.2) is 67.1 Å². The summed E-state index contributed by atoms with van der Waals surface area (Å²) in [4.78, 5) is 31.3. The van der Waals surface area contributed by atoms with E-state index in [0.717, 1.165) is 19.3 Å². The molecule has 1 aliphatic rings. The number of amides is 2. The van der Waals surface area contributed by atoms with Crippen LogP contribution in [0.25, 0.3) is 0 Å². The maximum atomic E-state index is 14.6. The number of carbonyl (C=O) groups is 2. The number of imidazole rings is 1. The lowest BCUT2D eigenvalue weighted by Gasteiger charge is -2.52. The Morgan fingerprint density at radius 2 is 1.81 bits per heavy atom. The molecule has 1 atom stereocenters. The van der Waals surface area contributed by atoms with Gasteiger partial charge < -0.3 is 15.2 Å². The van der Waals surface area contributed by atoms with Crippen LogP contribution in [0.2, 0.25) is 0 Å². The summed E-state index contributed by atoms with van der Waals surface area (Å²) in [5, 5.41) is 0. The van der Waals surface area contributed by atoms with E-state index < -0.39 is 11.9 Å². The highest BCUT2D eigenvalue weighted by atomic mass is 19.1. The number of nitrogens with zero attached hydrogens (tertiary/aromatic N) is 3. The molecule has 2 amide bonds. The molecular weight excluding hydrogens is 455 g/mol. The van der Waals surface area contributed by atoms with E-state index in [-0.39, 0.29) is 30.0 Å². The first-order valence-corrected chi connectivity index (χ1v) is 12.8. The van der Waals surface area contributed by atoms with Crippen molar-refractivity contribution in [1.82, 2.24) is 14.5 Å². The maximum absolute atomic E-state index is 14.6. The summed E-state index contributed by atoms with van der Waals surface area (Å²) in [5.74, 6) is -0.769. The van der Waals surface area contributed by atoms with Crippen molar-refractivity contribution in [3.63, 3.8) is 0 Å². The van der Waals surface area contributed by atoms with Crippen LogP contribution in [-0.4, -0.2) is 39.4 Å². The number of likely N-dealkylation sites (tertiary alicyclic amines) is 1. The molecule has 2 heterocycles. The quantitative estimate of drug-likeness (QED) is 0.377. The molecule has 1 saturated heterocycles. The second kappa shape index (κ2) is 11.5. The molecule has 3 aromatic rings. The summed E-state index contributed by atoms with van der Waals surface area (Å²) in [6.07, 6.45) is 8.67. The van der Waals surface area contributed by atoms with Crippen molar-refractivity contribution in [2.75, 3.05) is 13.1 Å². The molecule has 2 N–H and O–H groups in total. The lowest BCUT2D eigenvalue weighted by Crippen LogP contribution is -2.62. The molecule has 6 nitrogen and oxygen atoms in total. The van der Waals surface area contributed by atoms with E-state index >= 15 is 0 Å². The Labute approximate surface area is 212 Å². The van der Waals surface area contributed by atoms with E-state index in [0.29, 0.717) is 30.8 Å². The molecule has 7 heteroatoms. The summed E-state index contributed by atoms with van der Waals surface area (Å²) in [7, 11) is 0. The normalized spacial score (nSPS) is 15.3. The second-order valence-corrected chi connectivity index (χ2v) is 9.89. The molecule has 0 radical (unpaired) electrons. The fourth-order valence-electron chi connectivity index (χ4n) is 5.16. The van der Waals surface area contributed by atoms with E-state index in [9.17, 15) is 14.0 Å². The Hall–Kier alpha value is -3.48. The van der Waals surface area contributed by atoms with Gasteiger partial charge in [-0.05, 0) is 30.0 Å². The topological polar surface area (TPSA) is 81.2 Å². The first-order chi connectivity index (χ1) is 17.4. The Morgan fingerprint density at radius 3 is 2.50 bits per heavy atom. The number of rotatable bonds is 12. The first kappa shape index (κ1) is 25.6. The number of hydrogen-bond donors (Lipinski definition) is 1. The van der Waals surface area contributed by atoms with Crippen LogP contribution in [0.5, 0.6) is 0 Å². The number of aromatic nitrogens is 2. The van der Waals surface area contributed by atoms with Crippen LogP contribution in [0.3, 0.4) is 0 Å². The first-order valence-electron chi connectivity index (χ1n) is 12.8. The SMILES string of the molecule is CCCCCC1(c2ccccc2)CN(C(=O)[C@@H](Cc2ccccc2F)n2cnc(CCC(N)=O)c2)C1. The highest BCUT2D eigenvalue weighted by Crippen LogP contribution is 2.40. The minimum absolute atomic E-state index is 0.0425. The van der Waals surface area contributed by atoms with Crippen molar-refractivity contribution < 1.29 is 14.0 Å². The van der Waals surface area contributed by atoms with Crippen molar-refractivity contribution in [2.24, 2.45) is 5.73 Å². The van der Waals surface area contributed by atoms with Gasteiger partial charge in [0.05, 0.1) is 12.0 Å². The average Bonchev–Trinajstić information content (AvgIpc) is 3.33. The molecule has 0 unspecified atom stereocenters. The van der Waals surface area contributed by atoms with Crippen LogP contribution in [-0.2, 0) is 27.8 Å². The molecule has 0 saturated carbocycles. The fourth-order valence-corrected chi connectivity index (χ4v) is 5.16. The minimum Gasteiger partial charge on any atom is -0.370 e. The number of hydrogen-bond acceptors (Lipinski definition) is 3. The summed E-state index contributed by atoms with van der Waals surface area (Å²) in [6, 6.07) is 16.4. The zero-order valence-electron chi connectivity index (χ0n) is 20.9. The van der Waals surface area contributed by atoms with Crippen molar-refractivity contribution in [3.8, 4) is 0 Å². The lowest BCUT2D eigenvalue weighted by molar-refractivity contribution is -0.143. The summed E-state index contributed by atoms with van der Waals surface area (Å²) >= 11 is 0. The van der Waals surface area contributed by atoms with Crippen molar-refractivity contribution in [2.45, 2.75) is 63.3 Å². The number of aryl methyl sites for hydroxylation is 1. The fraction of sp³-hybridized carbons (Fsp3) is 0.414. The van der Waals surface area contributed by atoms with Crippen LogP contribution >= 0.6 is 0 Å². The predicted octanol–water partition coefficient (Wildman–Crippen LogP) is 4.58. The van der Waals surface area contributed by atoms with E-state index in [1.54, 1.807) is 35.3 Å². The van der Waals surface area contributed by atoms with E-state index in [1.807, 2.05) is 11.0 Å². The largest absolute Gasteiger partial charge is 0.370 e. The van der Waals surface area contributed by atoms with Gasteiger partial charge in [-0.25, -0.2) is 9.37 Å². The Bertz CT molecular complexity index is 1170. The van der Waals surface area contributed by atoms with E-state index in [2.05, 4.69) is 36.2 Å². The van der Waals surface area contributed by atoms with Crippen LogP contribution < -0.4 is 5.73 Å². The van der Waals surface area contributed by atoms with Crippen LogP contribution in [0, 0.1) is 5.82 Å². The van der Waals surface area contributed by atoms with Crippen LogP contribution in [0.1, 0.15) is 61.9 Å². The minimum atomic E-state index is -0.624. The molecule has 0 spiro atoms. The molecule has 190 valence electrons. The van der Waals surface area contributed by atoms with Crippen molar-refractivity contribution >= 4 is 11.8 Å². The molecule has 0 aliphatic carbocycles. The number of halogens is 1. The zero-order chi connectivity index (χ0) is 25.5. The smallest absolute Gasteiger partial charge is 0.246 e. The summed E-state index contributed by atoms with van der Waals surface area (Å²) < 4.78 is 16.3. The zero-order valence-corrected chi connectivity index (χ0v) is 20.9. The van der Waals surface area contributed by atoms with Crippen LogP contribution in [0.4, 0.5) is 4.39 Å². The Balaban J connectivity index is 1.56. The summed E-state index contributed by atoms with van der Waals surface area (Å²) in [5.41, 5.74) is 7.67. The van der Waals surface area contributed by atoms with Gasteiger partial charge in [0.2, 0.25) is 11.8 Å². The number of nitrogens with two attached hydrogens (primary N) is 1. The number of primary amides is 1. The number of unbranched alkanes of at least 4 members (excludes halogenated alkanes) is 2. The average molecular weight is 491 g/mol. The molecule has 1 aliphatic heterocycles. The van der Waals surface area contributed by atoms with Gasteiger partial charge in [0.15, 0.2) is 0 Å². The highest BCUT2D eigenvalue weighted by molar-refractivity contribution is 5.82. The third-order valence-electron chi connectivity index (χ3n) is 7.24. The van der Waals surface area contributed by atoms with Gasteiger partial charge in [0, 0.05) is 37.5 Å². The van der Waals surface area contributed by atoms with Crippen molar-refractivity contribution in [3.05, 3.63) is 89.8 Å². The molecule has 0 bridgehead atoms. The van der Waals surface area contributed by atoms with Gasteiger partial charge in [-0.2, -0.15) is 0 Å². The van der Waals surface area contributed by atoms with Gasteiger partial charge in [-0.3, -0.25) is 9.59 Å². The van der Waals surface area contributed by atoms with E-state index in [1.165, 1.54) is 18.1 Å². The maximum Gasteiger partial charge on any atom is 0.246 e.